The number of hydrogen-bond acceptors (Lipinski definition) is 3. The highest BCUT2D eigenvalue weighted by molar-refractivity contribution is 5.94. The Labute approximate surface area is 115 Å². The molecular formula is C15H24N2O2. The number of carbonyl (C=O) groups excluding carboxylic acids is 1. The lowest BCUT2D eigenvalue weighted by Crippen LogP contribution is -2.32. The van der Waals surface area contributed by atoms with Crippen LogP contribution in [-0.4, -0.2) is 19.1 Å². The molecule has 0 aliphatic rings. The van der Waals surface area contributed by atoms with E-state index in [0.29, 0.717) is 19.6 Å². The predicted octanol–water partition coefficient (Wildman–Crippen LogP) is 2.71. The normalized spacial score (nSPS) is 11.2. The number of nitrogens with one attached hydrogen (secondary N) is 1. The lowest BCUT2D eigenvalue weighted by Gasteiger charge is -2.23. The Morgan fingerprint density at radius 2 is 2.11 bits per heavy atom. The second-order valence-electron chi connectivity index (χ2n) is 5.29. The molecule has 1 amide bonds. The summed E-state index contributed by atoms with van der Waals surface area (Å²) >= 11 is 0. The van der Waals surface area contributed by atoms with Crippen LogP contribution in [0.1, 0.15) is 32.8 Å². The summed E-state index contributed by atoms with van der Waals surface area (Å²) in [7, 11) is 0. The number of anilines is 1. The van der Waals surface area contributed by atoms with Gasteiger partial charge in [-0.15, -0.1) is 0 Å². The molecule has 0 unspecified atom stereocenters. The number of carbonyl (C=O) groups is 1. The van der Waals surface area contributed by atoms with Gasteiger partial charge in [-0.25, -0.2) is 0 Å². The first-order valence-electron chi connectivity index (χ1n) is 6.65. The molecule has 0 saturated heterocycles. The van der Waals surface area contributed by atoms with Gasteiger partial charge < -0.3 is 15.8 Å². The molecule has 0 radical (unpaired) electrons. The number of rotatable bonds is 6. The summed E-state index contributed by atoms with van der Waals surface area (Å²) in [5.41, 5.74) is 6.87. The van der Waals surface area contributed by atoms with E-state index in [2.05, 4.69) is 5.32 Å². The zero-order valence-corrected chi connectivity index (χ0v) is 12.2. The van der Waals surface area contributed by atoms with Gasteiger partial charge in [0.15, 0.2) is 0 Å². The number of benzene rings is 1. The molecule has 0 heterocycles. The van der Waals surface area contributed by atoms with Gasteiger partial charge >= 0.3 is 0 Å². The van der Waals surface area contributed by atoms with E-state index >= 15 is 0 Å². The molecule has 3 N–H and O–H groups in total. The SMILES string of the molecule is CCOc1ccc(NC(=O)C(C)(C)CCN)cc1C. The Bertz CT molecular complexity index is 442. The van der Waals surface area contributed by atoms with Crippen LogP contribution in [0.4, 0.5) is 5.69 Å². The van der Waals surface area contributed by atoms with E-state index in [0.717, 1.165) is 17.0 Å². The minimum atomic E-state index is -0.457. The predicted molar refractivity (Wildman–Crippen MR) is 78.4 cm³/mol. The van der Waals surface area contributed by atoms with Gasteiger partial charge in [-0.05, 0) is 50.6 Å². The lowest BCUT2D eigenvalue weighted by molar-refractivity contribution is -0.124. The fourth-order valence-electron chi connectivity index (χ4n) is 1.82. The maximum Gasteiger partial charge on any atom is 0.230 e. The van der Waals surface area contributed by atoms with Crippen molar-refractivity contribution >= 4 is 11.6 Å². The van der Waals surface area contributed by atoms with Gasteiger partial charge in [0, 0.05) is 11.1 Å². The molecule has 1 aromatic rings. The Morgan fingerprint density at radius 3 is 2.63 bits per heavy atom. The van der Waals surface area contributed by atoms with E-state index in [9.17, 15) is 4.79 Å². The van der Waals surface area contributed by atoms with Crippen LogP contribution in [0.15, 0.2) is 18.2 Å². The van der Waals surface area contributed by atoms with E-state index < -0.39 is 5.41 Å². The highest BCUT2D eigenvalue weighted by atomic mass is 16.5. The van der Waals surface area contributed by atoms with Crippen LogP contribution in [0.2, 0.25) is 0 Å². The van der Waals surface area contributed by atoms with Gasteiger partial charge in [0.05, 0.1) is 6.61 Å². The van der Waals surface area contributed by atoms with Gasteiger partial charge in [0.25, 0.3) is 0 Å². The van der Waals surface area contributed by atoms with Gasteiger partial charge in [-0.3, -0.25) is 4.79 Å². The molecule has 0 bridgehead atoms. The van der Waals surface area contributed by atoms with Crippen LogP contribution < -0.4 is 15.8 Å². The molecule has 0 saturated carbocycles. The topological polar surface area (TPSA) is 64.3 Å². The van der Waals surface area contributed by atoms with Crippen molar-refractivity contribution in [1.82, 2.24) is 0 Å². The number of nitrogens with two attached hydrogens (primary N) is 1. The number of ether oxygens (including phenoxy) is 1. The number of hydrogen-bond donors (Lipinski definition) is 2. The van der Waals surface area contributed by atoms with Crippen molar-refractivity contribution in [3.8, 4) is 5.75 Å². The minimum absolute atomic E-state index is 0.0125. The first kappa shape index (κ1) is 15.5. The summed E-state index contributed by atoms with van der Waals surface area (Å²) in [6, 6.07) is 5.65. The average Bonchev–Trinajstić information content (AvgIpc) is 2.32. The third-order valence-electron chi connectivity index (χ3n) is 3.12. The van der Waals surface area contributed by atoms with Crippen LogP contribution in [0.3, 0.4) is 0 Å². The van der Waals surface area contributed by atoms with E-state index in [1.165, 1.54) is 0 Å². The summed E-state index contributed by atoms with van der Waals surface area (Å²) in [5, 5.41) is 2.93. The average molecular weight is 264 g/mol. The Morgan fingerprint density at radius 1 is 1.42 bits per heavy atom. The summed E-state index contributed by atoms with van der Waals surface area (Å²) in [4.78, 5) is 12.1. The summed E-state index contributed by atoms with van der Waals surface area (Å²) in [5.74, 6) is 0.836. The van der Waals surface area contributed by atoms with E-state index in [1.54, 1.807) is 0 Å². The van der Waals surface area contributed by atoms with Crippen LogP contribution in [-0.2, 0) is 4.79 Å². The van der Waals surface area contributed by atoms with Crippen LogP contribution in [0.5, 0.6) is 5.75 Å². The molecule has 0 aliphatic carbocycles. The molecule has 4 heteroatoms. The van der Waals surface area contributed by atoms with Crippen molar-refractivity contribution < 1.29 is 9.53 Å². The van der Waals surface area contributed by atoms with E-state index in [4.69, 9.17) is 10.5 Å². The van der Waals surface area contributed by atoms with E-state index in [1.807, 2.05) is 45.9 Å². The highest BCUT2D eigenvalue weighted by Crippen LogP contribution is 2.25. The van der Waals surface area contributed by atoms with Crippen LogP contribution in [0, 0.1) is 12.3 Å². The fraction of sp³-hybridized carbons (Fsp3) is 0.533. The minimum Gasteiger partial charge on any atom is -0.494 e. The smallest absolute Gasteiger partial charge is 0.230 e. The lowest BCUT2D eigenvalue weighted by atomic mass is 9.88. The van der Waals surface area contributed by atoms with Gasteiger partial charge in [0.1, 0.15) is 5.75 Å². The molecule has 106 valence electrons. The van der Waals surface area contributed by atoms with Gasteiger partial charge in [0.2, 0.25) is 5.91 Å². The molecule has 4 nitrogen and oxygen atoms in total. The number of aryl methyl sites for hydroxylation is 1. The fourth-order valence-corrected chi connectivity index (χ4v) is 1.82. The Kier molecular flexibility index (Phi) is 5.36. The van der Waals surface area contributed by atoms with Crippen LogP contribution >= 0.6 is 0 Å². The molecule has 0 aromatic heterocycles. The third-order valence-corrected chi connectivity index (χ3v) is 3.12. The van der Waals surface area contributed by atoms with Gasteiger partial charge in [-0.1, -0.05) is 13.8 Å². The molecule has 0 fully saturated rings. The maximum atomic E-state index is 12.1. The molecular weight excluding hydrogens is 240 g/mol. The molecule has 0 spiro atoms. The summed E-state index contributed by atoms with van der Waals surface area (Å²) < 4.78 is 5.47. The first-order chi connectivity index (χ1) is 8.90. The summed E-state index contributed by atoms with van der Waals surface area (Å²) in [6.07, 6.45) is 0.662. The zero-order chi connectivity index (χ0) is 14.5. The molecule has 19 heavy (non-hydrogen) atoms. The Balaban J connectivity index is 2.78. The van der Waals surface area contributed by atoms with Crippen molar-refractivity contribution in [3.63, 3.8) is 0 Å². The van der Waals surface area contributed by atoms with Crippen molar-refractivity contribution in [1.29, 1.82) is 0 Å². The molecule has 0 aliphatic heterocycles. The van der Waals surface area contributed by atoms with Gasteiger partial charge in [-0.2, -0.15) is 0 Å². The van der Waals surface area contributed by atoms with Crippen LogP contribution in [0.25, 0.3) is 0 Å². The zero-order valence-electron chi connectivity index (χ0n) is 12.2. The van der Waals surface area contributed by atoms with Crippen molar-refractivity contribution in [3.05, 3.63) is 23.8 Å². The second kappa shape index (κ2) is 6.57. The molecule has 1 rings (SSSR count). The van der Waals surface area contributed by atoms with E-state index in [-0.39, 0.29) is 5.91 Å². The van der Waals surface area contributed by atoms with Crippen molar-refractivity contribution in [2.45, 2.75) is 34.1 Å². The Hall–Kier alpha value is -1.55. The third kappa shape index (κ3) is 4.24. The monoisotopic (exact) mass is 264 g/mol. The first-order valence-corrected chi connectivity index (χ1v) is 6.65. The van der Waals surface area contributed by atoms with Crippen molar-refractivity contribution in [2.75, 3.05) is 18.5 Å². The highest BCUT2D eigenvalue weighted by Gasteiger charge is 2.26. The van der Waals surface area contributed by atoms with Crippen molar-refractivity contribution in [2.24, 2.45) is 11.1 Å². The molecule has 0 atom stereocenters. The number of amides is 1. The standard InChI is InChI=1S/C15H24N2O2/c1-5-19-13-7-6-12(10-11(13)2)17-14(18)15(3,4)8-9-16/h6-7,10H,5,8-9,16H2,1-4H3,(H,17,18). The quantitative estimate of drug-likeness (QED) is 0.830. The maximum absolute atomic E-state index is 12.1. The summed E-state index contributed by atoms with van der Waals surface area (Å²) in [6.45, 7) is 8.85. The second-order valence-corrected chi connectivity index (χ2v) is 5.29. The molecule has 1 aromatic carbocycles. The largest absolute Gasteiger partial charge is 0.494 e.